The third-order valence-corrected chi connectivity index (χ3v) is 6.89. The Labute approximate surface area is 155 Å². The van der Waals surface area contributed by atoms with E-state index in [2.05, 4.69) is 12.2 Å². The molecule has 0 saturated carbocycles. The standard InChI is InChI=1S/C18H27ClN2O3S/c1-4-5-14(3)20-18(22)16-12-15(6-7-17(16)19)25(23,24)21-10-8-13(2)9-11-21/h6-7,12-14H,4-5,8-11H2,1-3H3,(H,20,22). The largest absolute Gasteiger partial charge is 0.350 e. The quantitative estimate of drug-likeness (QED) is 0.810. The SMILES string of the molecule is CCCC(C)NC(=O)c1cc(S(=O)(=O)N2CCC(C)CC2)ccc1Cl. The van der Waals surface area contributed by atoms with E-state index in [1.165, 1.54) is 22.5 Å². The fourth-order valence-corrected chi connectivity index (χ4v) is 4.72. The first kappa shape index (κ1) is 20.2. The van der Waals surface area contributed by atoms with Gasteiger partial charge < -0.3 is 5.32 Å². The number of rotatable bonds is 6. The number of hydrogen-bond acceptors (Lipinski definition) is 3. The second kappa shape index (κ2) is 8.52. The molecule has 1 saturated heterocycles. The van der Waals surface area contributed by atoms with Gasteiger partial charge in [0.25, 0.3) is 5.91 Å². The van der Waals surface area contributed by atoms with Crippen molar-refractivity contribution in [2.24, 2.45) is 5.92 Å². The Morgan fingerprint density at radius 3 is 2.60 bits per heavy atom. The molecule has 1 aromatic rings. The van der Waals surface area contributed by atoms with Crippen molar-refractivity contribution in [2.75, 3.05) is 13.1 Å². The van der Waals surface area contributed by atoms with Crippen molar-refractivity contribution in [3.63, 3.8) is 0 Å². The van der Waals surface area contributed by atoms with Gasteiger partial charge in [-0.05, 0) is 50.3 Å². The number of nitrogens with one attached hydrogen (secondary N) is 1. The topological polar surface area (TPSA) is 66.5 Å². The molecule has 1 aliphatic rings. The van der Waals surface area contributed by atoms with Crippen molar-refractivity contribution in [2.45, 2.75) is 57.4 Å². The molecule has 1 aliphatic heterocycles. The van der Waals surface area contributed by atoms with Crippen molar-refractivity contribution in [3.8, 4) is 0 Å². The lowest BCUT2D eigenvalue weighted by atomic mass is 10.0. The van der Waals surface area contributed by atoms with E-state index >= 15 is 0 Å². The summed E-state index contributed by atoms with van der Waals surface area (Å²) in [6, 6.07) is 4.36. The van der Waals surface area contributed by atoms with E-state index in [0.29, 0.717) is 19.0 Å². The molecule has 0 radical (unpaired) electrons. The number of piperidine rings is 1. The van der Waals surface area contributed by atoms with Crippen LogP contribution in [-0.4, -0.2) is 37.8 Å². The second-order valence-corrected chi connectivity index (χ2v) is 9.24. The highest BCUT2D eigenvalue weighted by Gasteiger charge is 2.29. The lowest BCUT2D eigenvalue weighted by Gasteiger charge is -2.29. The number of nitrogens with zero attached hydrogens (tertiary/aromatic N) is 1. The van der Waals surface area contributed by atoms with Crippen LogP contribution >= 0.6 is 11.6 Å². The third-order valence-electron chi connectivity index (χ3n) is 4.66. The number of amides is 1. The molecule has 7 heteroatoms. The molecular weight excluding hydrogens is 360 g/mol. The molecule has 1 fully saturated rings. The van der Waals surface area contributed by atoms with Crippen molar-refractivity contribution in [3.05, 3.63) is 28.8 Å². The minimum Gasteiger partial charge on any atom is -0.350 e. The van der Waals surface area contributed by atoms with Gasteiger partial charge in [0.05, 0.1) is 15.5 Å². The number of carbonyl (C=O) groups excluding carboxylic acids is 1. The van der Waals surface area contributed by atoms with Crippen LogP contribution in [0.25, 0.3) is 0 Å². The van der Waals surface area contributed by atoms with Crippen LogP contribution in [0.4, 0.5) is 0 Å². The van der Waals surface area contributed by atoms with Gasteiger partial charge in [0.2, 0.25) is 10.0 Å². The molecule has 1 unspecified atom stereocenters. The Kier molecular flexibility index (Phi) is 6.88. The zero-order chi connectivity index (χ0) is 18.6. The number of halogens is 1. The first-order valence-corrected chi connectivity index (χ1v) is 10.7. The normalized spacial score (nSPS) is 18.1. The molecule has 140 valence electrons. The summed E-state index contributed by atoms with van der Waals surface area (Å²) in [5.41, 5.74) is 0.205. The molecular formula is C18H27ClN2O3S. The maximum atomic E-state index is 12.9. The van der Waals surface area contributed by atoms with Gasteiger partial charge in [0.15, 0.2) is 0 Å². The van der Waals surface area contributed by atoms with Gasteiger partial charge in [0, 0.05) is 19.1 Å². The van der Waals surface area contributed by atoms with E-state index in [9.17, 15) is 13.2 Å². The van der Waals surface area contributed by atoms with Gasteiger partial charge in [-0.2, -0.15) is 4.31 Å². The predicted molar refractivity (Wildman–Crippen MR) is 100 cm³/mol. The molecule has 1 amide bonds. The molecule has 1 aromatic carbocycles. The maximum Gasteiger partial charge on any atom is 0.253 e. The van der Waals surface area contributed by atoms with E-state index < -0.39 is 10.0 Å². The third kappa shape index (κ3) is 4.96. The summed E-state index contributed by atoms with van der Waals surface area (Å²) in [4.78, 5) is 12.6. The molecule has 1 N–H and O–H groups in total. The van der Waals surface area contributed by atoms with Crippen molar-refractivity contribution in [1.82, 2.24) is 9.62 Å². The molecule has 0 spiro atoms. The number of benzene rings is 1. The van der Waals surface area contributed by atoms with Gasteiger partial charge in [-0.1, -0.05) is 31.9 Å². The maximum absolute atomic E-state index is 12.9. The summed E-state index contributed by atoms with van der Waals surface area (Å²) in [6.45, 7) is 7.13. The lowest BCUT2D eigenvalue weighted by Crippen LogP contribution is -2.38. The van der Waals surface area contributed by atoms with Gasteiger partial charge in [-0.3, -0.25) is 4.79 Å². The average Bonchev–Trinajstić information content (AvgIpc) is 2.55. The van der Waals surface area contributed by atoms with Crippen LogP contribution in [0, 0.1) is 5.92 Å². The smallest absolute Gasteiger partial charge is 0.253 e. The molecule has 2 rings (SSSR count). The van der Waals surface area contributed by atoms with E-state index in [1.54, 1.807) is 0 Å². The molecule has 1 atom stereocenters. The fraction of sp³-hybridized carbons (Fsp3) is 0.611. The summed E-state index contributed by atoms with van der Waals surface area (Å²) in [5.74, 6) is 0.202. The van der Waals surface area contributed by atoms with Gasteiger partial charge >= 0.3 is 0 Å². The fourth-order valence-electron chi connectivity index (χ4n) is 3.02. The first-order valence-electron chi connectivity index (χ1n) is 8.86. The van der Waals surface area contributed by atoms with E-state index in [1.807, 2.05) is 13.8 Å². The molecule has 0 aliphatic carbocycles. The van der Waals surface area contributed by atoms with E-state index in [0.717, 1.165) is 25.7 Å². The summed E-state index contributed by atoms with van der Waals surface area (Å²) >= 11 is 6.14. The zero-order valence-corrected chi connectivity index (χ0v) is 16.7. The van der Waals surface area contributed by atoms with Crippen molar-refractivity contribution in [1.29, 1.82) is 0 Å². The molecule has 0 aromatic heterocycles. The number of sulfonamides is 1. The Morgan fingerprint density at radius 1 is 1.36 bits per heavy atom. The average molecular weight is 387 g/mol. The zero-order valence-electron chi connectivity index (χ0n) is 15.1. The highest BCUT2D eigenvalue weighted by Crippen LogP contribution is 2.26. The Hall–Kier alpha value is -1.11. The van der Waals surface area contributed by atoms with Gasteiger partial charge in [-0.25, -0.2) is 8.42 Å². The Morgan fingerprint density at radius 2 is 2.00 bits per heavy atom. The summed E-state index contributed by atoms with van der Waals surface area (Å²) in [7, 11) is -3.60. The Balaban J connectivity index is 2.24. The van der Waals surface area contributed by atoms with Crippen LogP contribution < -0.4 is 5.32 Å². The van der Waals surface area contributed by atoms with Crippen molar-refractivity contribution >= 4 is 27.5 Å². The van der Waals surface area contributed by atoms with Crippen LogP contribution in [0.3, 0.4) is 0 Å². The van der Waals surface area contributed by atoms with Crippen LogP contribution in [0.15, 0.2) is 23.1 Å². The van der Waals surface area contributed by atoms with Crippen LogP contribution in [0.5, 0.6) is 0 Å². The highest BCUT2D eigenvalue weighted by molar-refractivity contribution is 7.89. The van der Waals surface area contributed by atoms with Gasteiger partial charge in [0.1, 0.15) is 0 Å². The Bertz CT molecular complexity index is 713. The number of carbonyl (C=O) groups is 1. The number of hydrogen-bond donors (Lipinski definition) is 1. The predicted octanol–water partition coefficient (Wildman–Crippen LogP) is 3.68. The summed E-state index contributed by atoms with van der Waals surface area (Å²) < 4.78 is 27.2. The van der Waals surface area contributed by atoms with Crippen LogP contribution in [0.1, 0.15) is 56.8 Å². The second-order valence-electron chi connectivity index (χ2n) is 6.89. The monoisotopic (exact) mass is 386 g/mol. The molecule has 25 heavy (non-hydrogen) atoms. The molecule has 5 nitrogen and oxygen atoms in total. The molecule has 1 heterocycles. The summed E-state index contributed by atoms with van der Waals surface area (Å²) in [6.07, 6.45) is 3.52. The summed E-state index contributed by atoms with van der Waals surface area (Å²) in [5, 5.41) is 3.13. The molecule has 0 bridgehead atoms. The van der Waals surface area contributed by atoms with Crippen LogP contribution in [-0.2, 0) is 10.0 Å². The first-order chi connectivity index (χ1) is 11.8. The minimum atomic E-state index is -3.60. The lowest BCUT2D eigenvalue weighted by molar-refractivity contribution is 0.0938. The van der Waals surface area contributed by atoms with Gasteiger partial charge in [-0.15, -0.1) is 0 Å². The van der Waals surface area contributed by atoms with E-state index in [-0.39, 0.29) is 27.4 Å². The highest BCUT2D eigenvalue weighted by atomic mass is 35.5. The minimum absolute atomic E-state index is 0.0115. The van der Waals surface area contributed by atoms with Crippen LogP contribution in [0.2, 0.25) is 5.02 Å². The van der Waals surface area contributed by atoms with E-state index in [4.69, 9.17) is 11.6 Å². The van der Waals surface area contributed by atoms with Crippen molar-refractivity contribution < 1.29 is 13.2 Å².